The SMILES string of the molecule is CCCCCCCCCCCCCCCCCC(=O)ONC(=O)OCC.[Ca+2].[H-].[H-]. The van der Waals surface area contributed by atoms with E-state index in [9.17, 15) is 9.59 Å². The number of rotatable bonds is 17. The third-order valence-corrected chi connectivity index (χ3v) is 4.51. The summed E-state index contributed by atoms with van der Waals surface area (Å²) in [4.78, 5) is 27.0. The molecule has 1 amide bonds. The maximum atomic E-state index is 11.4. The first-order valence-electron chi connectivity index (χ1n) is 10.8. The summed E-state index contributed by atoms with van der Waals surface area (Å²) in [5.41, 5.74) is 1.97. The monoisotopic (exact) mass is 413 g/mol. The van der Waals surface area contributed by atoms with E-state index < -0.39 is 12.1 Å². The number of carbonyl (C=O) groups excluding carboxylic acids is 2. The fourth-order valence-electron chi connectivity index (χ4n) is 2.95. The number of nitrogens with one attached hydrogen (secondary N) is 1. The number of hydrogen-bond acceptors (Lipinski definition) is 4. The third kappa shape index (κ3) is 24.0. The molecule has 0 aromatic rings. The van der Waals surface area contributed by atoms with Crippen LogP contribution in [0.4, 0.5) is 4.79 Å². The summed E-state index contributed by atoms with van der Waals surface area (Å²) in [6, 6.07) is 0. The van der Waals surface area contributed by atoms with Gasteiger partial charge in [0, 0.05) is 6.42 Å². The Morgan fingerprint density at radius 3 is 1.52 bits per heavy atom. The van der Waals surface area contributed by atoms with Gasteiger partial charge >= 0.3 is 49.8 Å². The van der Waals surface area contributed by atoms with Crippen molar-refractivity contribution in [2.45, 2.75) is 117 Å². The molecule has 0 aliphatic heterocycles. The van der Waals surface area contributed by atoms with Crippen LogP contribution in [0.3, 0.4) is 0 Å². The fourth-order valence-corrected chi connectivity index (χ4v) is 2.95. The molecule has 0 atom stereocenters. The molecular weight excluding hydrogens is 370 g/mol. The molecule has 0 aromatic heterocycles. The van der Waals surface area contributed by atoms with Crippen molar-refractivity contribution in [2.24, 2.45) is 0 Å². The number of ether oxygens (including phenoxy) is 1. The van der Waals surface area contributed by atoms with Gasteiger partial charge in [-0.3, -0.25) is 0 Å². The maximum absolute atomic E-state index is 11.4. The molecule has 6 heteroatoms. The van der Waals surface area contributed by atoms with Crippen LogP contribution in [-0.4, -0.2) is 56.4 Å². The van der Waals surface area contributed by atoms with Crippen molar-refractivity contribution >= 4 is 49.8 Å². The van der Waals surface area contributed by atoms with Crippen molar-refractivity contribution < 1.29 is 22.0 Å². The largest absolute Gasteiger partial charge is 2.00 e. The predicted octanol–water partition coefficient (Wildman–Crippen LogP) is 6.30. The molecule has 0 bridgehead atoms. The molecule has 0 saturated carbocycles. The van der Waals surface area contributed by atoms with E-state index in [-0.39, 0.29) is 47.2 Å². The Bertz CT molecular complexity index is 351. The van der Waals surface area contributed by atoms with Crippen LogP contribution in [0, 0.1) is 0 Å². The minimum absolute atomic E-state index is 0. The second-order valence-corrected chi connectivity index (χ2v) is 7.00. The van der Waals surface area contributed by atoms with Crippen molar-refractivity contribution in [3.63, 3.8) is 0 Å². The molecule has 0 unspecified atom stereocenters. The molecule has 27 heavy (non-hydrogen) atoms. The van der Waals surface area contributed by atoms with E-state index in [1.54, 1.807) is 6.92 Å². The Morgan fingerprint density at radius 1 is 0.704 bits per heavy atom. The Morgan fingerprint density at radius 2 is 1.11 bits per heavy atom. The summed E-state index contributed by atoms with van der Waals surface area (Å²) in [6.07, 6.45) is 19.0. The number of hydrogen-bond donors (Lipinski definition) is 1. The summed E-state index contributed by atoms with van der Waals surface area (Å²) >= 11 is 0. The van der Waals surface area contributed by atoms with Crippen LogP contribution in [0.2, 0.25) is 0 Å². The molecule has 0 spiro atoms. The van der Waals surface area contributed by atoms with Gasteiger partial charge in [-0.2, -0.15) is 0 Å². The zero-order valence-corrected chi connectivity index (χ0v) is 20.1. The molecule has 5 nitrogen and oxygen atoms in total. The topological polar surface area (TPSA) is 64.6 Å². The summed E-state index contributed by atoms with van der Waals surface area (Å²) in [5.74, 6) is -0.409. The second-order valence-electron chi connectivity index (χ2n) is 7.00. The molecule has 158 valence electrons. The van der Waals surface area contributed by atoms with Crippen molar-refractivity contribution in [1.82, 2.24) is 5.48 Å². The van der Waals surface area contributed by atoms with Crippen LogP contribution in [-0.2, 0) is 14.4 Å². The average molecular weight is 414 g/mol. The van der Waals surface area contributed by atoms with Gasteiger partial charge in [-0.1, -0.05) is 96.8 Å². The van der Waals surface area contributed by atoms with Gasteiger partial charge in [0.1, 0.15) is 0 Å². The van der Waals surface area contributed by atoms with Crippen molar-refractivity contribution in [3.05, 3.63) is 0 Å². The molecule has 0 aliphatic rings. The Balaban J connectivity index is -0.00000104. The molecule has 0 fully saturated rings. The predicted molar refractivity (Wildman–Crippen MR) is 114 cm³/mol. The number of amides is 1. The zero-order valence-electron chi connectivity index (χ0n) is 19.9. The zero-order chi connectivity index (χ0) is 19.3. The Hall–Kier alpha value is -0.000260. The first-order valence-corrected chi connectivity index (χ1v) is 10.8. The van der Waals surface area contributed by atoms with Gasteiger partial charge in [0.05, 0.1) is 6.61 Å². The molecule has 0 aromatic carbocycles. The molecule has 0 aliphatic carbocycles. The van der Waals surface area contributed by atoms with Crippen molar-refractivity contribution in [1.29, 1.82) is 0 Å². The number of hydroxylamine groups is 1. The normalized spacial score (nSPS) is 10.1. The first kappa shape index (κ1) is 29.2. The van der Waals surface area contributed by atoms with Gasteiger partial charge in [-0.15, -0.1) is 5.48 Å². The van der Waals surface area contributed by atoms with Crippen LogP contribution in [0.15, 0.2) is 0 Å². The molecule has 0 saturated heterocycles. The fraction of sp³-hybridized carbons (Fsp3) is 0.905. The summed E-state index contributed by atoms with van der Waals surface area (Å²) in [6.45, 7) is 4.21. The van der Waals surface area contributed by atoms with Crippen molar-refractivity contribution in [2.75, 3.05) is 6.61 Å². The standard InChI is InChI=1S/C21H41NO4.Ca.2H/c1-3-5-6-7-8-9-10-11-12-13-14-15-16-17-18-19-20(23)26-22-21(24)25-4-2;;;/h3-19H2,1-2H3,(H,22,24);;;/q;+2;2*-1. The van der Waals surface area contributed by atoms with E-state index in [0.717, 1.165) is 19.3 Å². The van der Waals surface area contributed by atoms with E-state index in [4.69, 9.17) is 0 Å². The van der Waals surface area contributed by atoms with Gasteiger partial charge in [0.15, 0.2) is 0 Å². The molecule has 0 heterocycles. The van der Waals surface area contributed by atoms with Crippen LogP contribution in [0.25, 0.3) is 0 Å². The van der Waals surface area contributed by atoms with Gasteiger partial charge in [0.2, 0.25) is 0 Å². The van der Waals surface area contributed by atoms with E-state index in [2.05, 4.69) is 16.5 Å². The summed E-state index contributed by atoms with van der Waals surface area (Å²) in [7, 11) is 0. The molecular formula is C21H43CaNO4. The maximum Gasteiger partial charge on any atom is 2.00 e. The second kappa shape index (κ2) is 24.0. The quantitative estimate of drug-likeness (QED) is 0.173. The van der Waals surface area contributed by atoms with Gasteiger partial charge in [0.25, 0.3) is 0 Å². The van der Waals surface area contributed by atoms with Gasteiger partial charge in [-0.25, -0.2) is 9.59 Å². The summed E-state index contributed by atoms with van der Waals surface area (Å²) < 4.78 is 4.60. The van der Waals surface area contributed by atoms with Crippen LogP contribution >= 0.6 is 0 Å². The van der Waals surface area contributed by atoms with Crippen LogP contribution < -0.4 is 5.48 Å². The average Bonchev–Trinajstić information content (AvgIpc) is 2.63. The van der Waals surface area contributed by atoms with E-state index in [1.165, 1.54) is 77.0 Å². The number of carbonyl (C=O) groups is 2. The van der Waals surface area contributed by atoms with E-state index in [1.807, 2.05) is 5.48 Å². The smallest absolute Gasteiger partial charge is 1.00 e. The third-order valence-electron chi connectivity index (χ3n) is 4.51. The van der Waals surface area contributed by atoms with Gasteiger partial charge in [-0.05, 0) is 13.3 Å². The molecule has 0 radical (unpaired) electrons. The van der Waals surface area contributed by atoms with Crippen molar-refractivity contribution in [3.8, 4) is 0 Å². The van der Waals surface area contributed by atoms with Gasteiger partial charge < -0.3 is 12.4 Å². The number of unbranched alkanes of at least 4 members (excludes halogenated alkanes) is 14. The minimum atomic E-state index is -0.725. The minimum Gasteiger partial charge on any atom is -1.00 e. The molecule has 1 N–H and O–H groups in total. The first-order chi connectivity index (χ1) is 12.7. The van der Waals surface area contributed by atoms with E-state index in [0.29, 0.717) is 6.42 Å². The Kier molecular flexibility index (Phi) is 26.0. The van der Waals surface area contributed by atoms with E-state index >= 15 is 0 Å². The van der Waals surface area contributed by atoms with Crippen LogP contribution in [0.1, 0.15) is 119 Å². The van der Waals surface area contributed by atoms with Crippen LogP contribution in [0.5, 0.6) is 0 Å². The Labute approximate surface area is 199 Å². The molecule has 0 rings (SSSR count). The summed E-state index contributed by atoms with van der Waals surface area (Å²) in [5, 5.41) is 0.